The molecule has 0 saturated heterocycles. The third-order valence-electron chi connectivity index (χ3n) is 3.18. The molecular formula is C16H21N3. The summed E-state index contributed by atoms with van der Waals surface area (Å²) in [5.74, 6) is 0. The Balaban J connectivity index is 1.81. The molecule has 2 aromatic rings. The fraction of sp³-hybridized carbons (Fsp3) is 0.250. The molecule has 0 aliphatic carbocycles. The lowest BCUT2D eigenvalue weighted by molar-refractivity contribution is 0.693. The molecule has 0 heterocycles. The summed E-state index contributed by atoms with van der Waals surface area (Å²) in [4.78, 5) is 0. The predicted molar refractivity (Wildman–Crippen MR) is 79.2 cm³/mol. The first kappa shape index (κ1) is 13.7. The molecule has 0 aliphatic heterocycles. The fourth-order valence-corrected chi connectivity index (χ4v) is 1.94. The van der Waals surface area contributed by atoms with Gasteiger partial charge in [-0.25, -0.2) is 0 Å². The second-order valence-electron chi connectivity index (χ2n) is 4.64. The number of benzene rings is 2. The molecule has 3 heteroatoms. The molecule has 2 rings (SSSR count). The minimum Gasteiger partial charge on any atom is -0.326 e. The van der Waals surface area contributed by atoms with Gasteiger partial charge in [-0.1, -0.05) is 48.5 Å². The van der Waals surface area contributed by atoms with Crippen LogP contribution in [0.2, 0.25) is 0 Å². The van der Waals surface area contributed by atoms with Crippen molar-refractivity contribution in [3.63, 3.8) is 0 Å². The number of hydrogen-bond acceptors (Lipinski definition) is 3. The van der Waals surface area contributed by atoms with Crippen molar-refractivity contribution in [2.24, 2.45) is 11.5 Å². The van der Waals surface area contributed by atoms with Crippen LogP contribution in [0.1, 0.15) is 22.3 Å². The summed E-state index contributed by atoms with van der Waals surface area (Å²) < 4.78 is 0. The van der Waals surface area contributed by atoms with Crippen molar-refractivity contribution in [1.29, 1.82) is 0 Å². The van der Waals surface area contributed by atoms with E-state index in [1.165, 1.54) is 22.3 Å². The summed E-state index contributed by atoms with van der Waals surface area (Å²) in [5, 5.41) is 3.43. The molecule has 0 fully saturated rings. The van der Waals surface area contributed by atoms with Crippen LogP contribution in [0.3, 0.4) is 0 Å². The molecule has 0 atom stereocenters. The SMILES string of the molecule is NCc1ccc(CNCc2ccc(CN)cc2)cc1. The standard InChI is InChI=1S/C16H21N3/c17-9-13-1-5-15(6-2-13)11-19-12-16-7-3-14(10-18)4-8-16/h1-8,19H,9-12,17-18H2. The Morgan fingerprint density at radius 3 is 1.21 bits per heavy atom. The number of rotatable bonds is 6. The van der Waals surface area contributed by atoms with Crippen molar-refractivity contribution in [2.45, 2.75) is 26.2 Å². The second kappa shape index (κ2) is 7.04. The van der Waals surface area contributed by atoms with Crippen LogP contribution in [0.4, 0.5) is 0 Å². The number of nitrogens with two attached hydrogens (primary N) is 2. The van der Waals surface area contributed by atoms with Crippen molar-refractivity contribution >= 4 is 0 Å². The molecule has 19 heavy (non-hydrogen) atoms. The summed E-state index contributed by atoms with van der Waals surface area (Å²) in [5.41, 5.74) is 16.0. The van der Waals surface area contributed by atoms with Gasteiger partial charge < -0.3 is 16.8 Å². The first-order valence-electron chi connectivity index (χ1n) is 6.58. The Morgan fingerprint density at radius 2 is 0.895 bits per heavy atom. The van der Waals surface area contributed by atoms with Crippen LogP contribution in [0.25, 0.3) is 0 Å². The third-order valence-corrected chi connectivity index (χ3v) is 3.18. The average Bonchev–Trinajstić information content (AvgIpc) is 2.49. The lowest BCUT2D eigenvalue weighted by Crippen LogP contribution is -2.12. The van der Waals surface area contributed by atoms with Crippen LogP contribution in [-0.2, 0) is 26.2 Å². The minimum absolute atomic E-state index is 0.598. The molecule has 0 bridgehead atoms. The third kappa shape index (κ3) is 4.17. The van der Waals surface area contributed by atoms with Gasteiger partial charge in [-0.05, 0) is 22.3 Å². The van der Waals surface area contributed by atoms with E-state index >= 15 is 0 Å². The van der Waals surface area contributed by atoms with Gasteiger partial charge in [0, 0.05) is 26.2 Å². The van der Waals surface area contributed by atoms with Gasteiger partial charge in [0.1, 0.15) is 0 Å². The van der Waals surface area contributed by atoms with Gasteiger partial charge in [-0.15, -0.1) is 0 Å². The predicted octanol–water partition coefficient (Wildman–Crippen LogP) is 1.89. The van der Waals surface area contributed by atoms with Gasteiger partial charge in [0.15, 0.2) is 0 Å². The van der Waals surface area contributed by atoms with Gasteiger partial charge >= 0.3 is 0 Å². The highest BCUT2D eigenvalue weighted by molar-refractivity contribution is 5.24. The van der Waals surface area contributed by atoms with Gasteiger partial charge in [0.05, 0.1) is 0 Å². The van der Waals surface area contributed by atoms with E-state index in [0.29, 0.717) is 13.1 Å². The Labute approximate surface area is 114 Å². The van der Waals surface area contributed by atoms with E-state index in [2.05, 4.69) is 53.8 Å². The van der Waals surface area contributed by atoms with E-state index in [1.54, 1.807) is 0 Å². The Bertz CT molecular complexity index is 441. The monoisotopic (exact) mass is 255 g/mol. The van der Waals surface area contributed by atoms with Gasteiger partial charge in [-0.3, -0.25) is 0 Å². The highest BCUT2D eigenvalue weighted by atomic mass is 14.8. The summed E-state index contributed by atoms with van der Waals surface area (Å²) >= 11 is 0. The van der Waals surface area contributed by atoms with Gasteiger partial charge in [0.2, 0.25) is 0 Å². The first-order valence-corrected chi connectivity index (χ1v) is 6.58. The highest BCUT2D eigenvalue weighted by Crippen LogP contribution is 2.06. The van der Waals surface area contributed by atoms with E-state index in [4.69, 9.17) is 11.5 Å². The van der Waals surface area contributed by atoms with Gasteiger partial charge in [-0.2, -0.15) is 0 Å². The zero-order chi connectivity index (χ0) is 13.5. The Kier molecular flexibility index (Phi) is 5.10. The van der Waals surface area contributed by atoms with Crippen LogP contribution < -0.4 is 16.8 Å². The molecule has 0 spiro atoms. The number of nitrogens with one attached hydrogen (secondary N) is 1. The van der Waals surface area contributed by atoms with E-state index in [0.717, 1.165) is 13.1 Å². The topological polar surface area (TPSA) is 64.1 Å². The van der Waals surface area contributed by atoms with Crippen molar-refractivity contribution in [1.82, 2.24) is 5.32 Å². The van der Waals surface area contributed by atoms with Crippen LogP contribution in [0, 0.1) is 0 Å². The van der Waals surface area contributed by atoms with Crippen LogP contribution >= 0.6 is 0 Å². The molecule has 0 radical (unpaired) electrons. The molecule has 0 saturated carbocycles. The maximum Gasteiger partial charge on any atom is 0.0208 e. The zero-order valence-electron chi connectivity index (χ0n) is 11.1. The largest absolute Gasteiger partial charge is 0.326 e. The molecule has 3 nitrogen and oxygen atoms in total. The average molecular weight is 255 g/mol. The van der Waals surface area contributed by atoms with E-state index in [-0.39, 0.29) is 0 Å². The van der Waals surface area contributed by atoms with Crippen molar-refractivity contribution in [2.75, 3.05) is 0 Å². The molecule has 2 aromatic carbocycles. The van der Waals surface area contributed by atoms with Crippen LogP contribution in [-0.4, -0.2) is 0 Å². The maximum atomic E-state index is 5.58. The van der Waals surface area contributed by atoms with Crippen molar-refractivity contribution in [3.8, 4) is 0 Å². The summed E-state index contributed by atoms with van der Waals surface area (Å²) in [6, 6.07) is 16.8. The fourth-order valence-electron chi connectivity index (χ4n) is 1.94. The van der Waals surface area contributed by atoms with E-state index in [1.807, 2.05) is 0 Å². The van der Waals surface area contributed by atoms with Crippen LogP contribution in [0.5, 0.6) is 0 Å². The molecule has 5 N–H and O–H groups in total. The van der Waals surface area contributed by atoms with Crippen molar-refractivity contribution < 1.29 is 0 Å². The Morgan fingerprint density at radius 1 is 0.579 bits per heavy atom. The highest BCUT2D eigenvalue weighted by Gasteiger charge is 1.96. The minimum atomic E-state index is 0.598. The number of hydrogen-bond donors (Lipinski definition) is 3. The quantitative estimate of drug-likeness (QED) is 0.738. The lowest BCUT2D eigenvalue weighted by atomic mass is 10.1. The lowest BCUT2D eigenvalue weighted by Gasteiger charge is -2.06. The molecule has 0 unspecified atom stereocenters. The molecule has 0 amide bonds. The summed E-state index contributed by atoms with van der Waals surface area (Å²) in [6.45, 7) is 2.93. The molecular weight excluding hydrogens is 234 g/mol. The van der Waals surface area contributed by atoms with E-state index < -0.39 is 0 Å². The van der Waals surface area contributed by atoms with Gasteiger partial charge in [0.25, 0.3) is 0 Å². The van der Waals surface area contributed by atoms with Crippen molar-refractivity contribution in [3.05, 3.63) is 70.8 Å². The normalized spacial score (nSPS) is 10.6. The Hall–Kier alpha value is -1.68. The molecule has 0 aromatic heterocycles. The smallest absolute Gasteiger partial charge is 0.0208 e. The molecule has 100 valence electrons. The van der Waals surface area contributed by atoms with E-state index in [9.17, 15) is 0 Å². The molecule has 0 aliphatic rings. The second-order valence-corrected chi connectivity index (χ2v) is 4.64. The van der Waals surface area contributed by atoms with Crippen LogP contribution in [0.15, 0.2) is 48.5 Å². The summed E-state index contributed by atoms with van der Waals surface area (Å²) in [7, 11) is 0. The zero-order valence-corrected chi connectivity index (χ0v) is 11.1. The summed E-state index contributed by atoms with van der Waals surface area (Å²) in [6.07, 6.45) is 0. The first-order chi connectivity index (χ1) is 9.31. The maximum absolute atomic E-state index is 5.58.